The summed E-state index contributed by atoms with van der Waals surface area (Å²) in [7, 11) is 1.79. The van der Waals surface area contributed by atoms with Crippen LogP contribution < -0.4 is 5.32 Å². The molecule has 0 bridgehead atoms. The molecule has 202 valence electrons. The number of carboxylic acids is 1. The minimum absolute atomic E-state index is 0.0201. The number of ether oxygens (including phenoxy) is 2. The zero-order chi connectivity index (χ0) is 26.9. The van der Waals surface area contributed by atoms with Gasteiger partial charge in [0.1, 0.15) is 0 Å². The Labute approximate surface area is 224 Å². The molecule has 11 nitrogen and oxygen atoms in total. The van der Waals surface area contributed by atoms with Gasteiger partial charge < -0.3 is 25.0 Å². The van der Waals surface area contributed by atoms with E-state index >= 15 is 0 Å². The SMILES string of the molecule is Cn1nnnc1SC[C@H]1C[C@@H](c2ccc(CO)cc2)O[C@@H](c2ccc(NC(=O)CCCCC(=O)O)cc2)O1. The van der Waals surface area contributed by atoms with Crippen LogP contribution in [0.2, 0.25) is 0 Å². The van der Waals surface area contributed by atoms with Gasteiger partial charge in [0.05, 0.1) is 18.8 Å². The molecule has 4 rings (SSSR count). The van der Waals surface area contributed by atoms with E-state index < -0.39 is 12.3 Å². The Bertz CT molecular complexity index is 1200. The average Bonchev–Trinajstić information content (AvgIpc) is 3.34. The second-order valence-electron chi connectivity index (χ2n) is 9.02. The van der Waals surface area contributed by atoms with E-state index in [0.717, 1.165) is 16.7 Å². The fourth-order valence-corrected chi connectivity index (χ4v) is 4.91. The number of carbonyl (C=O) groups is 2. The van der Waals surface area contributed by atoms with E-state index in [0.29, 0.717) is 35.9 Å². The lowest BCUT2D eigenvalue weighted by molar-refractivity contribution is -0.245. The Morgan fingerprint density at radius 1 is 1.05 bits per heavy atom. The average molecular weight is 542 g/mol. The van der Waals surface area contributed by atoms with Crippen LogP contribution in [0.15, 0.2) is 53.7 Å². The van der Waals surface area contributed by atoms with Crippen LogP contribution in [0.4, 0.5) is 5.69 Å². The summed E-state index contributed by atoms with van der Waals surface area (Å²) < 4.78 is 14.3. The lowest BCUT2D eigenvalue weighted by atomic mass is 10.0. The summed E-state index contributed by atoms with van der Waals surface area (Å²) in [6, 6.07) is 15.0. The minimum Gasteiger partial charge on any atom is -0.481 e. The van der Waals surface area contributed by atoms with Gasteiger partial charge in [-0.2, -0.15) is 0 Å². The third-order valence-corrected chi connectivity index (χ3v) is 7.25. The molecular weight excluding hydrogens is 510 g/mol. The van der Waals surface area contributed by atoms with Gasteiger partial charge in [-0.25, -0.2) is 4.68 Å². The number of aromatic nitrogens is 4. The number of tetrazole rings is 1. The van der Waals surface area contributed by atoms with Crippen LogP contribution in [-0.2, 0) is 32.7 Å². The van der Waals surface area contributed by atoms with Crippen molar-refractivity contribution >= 4 is 29.3 Å². The number of rotatable bonds is 12. The predicted octanol–water partition coefficient (Wildman–Crippen LogP) is 3.62. The van der Waals surface area contributed by atoms with Crippen molar-refractivity contribution in [2.75, 3.05) is 11.1 Å². The largest absolute Gasteiger partial charge is 0.481 e. The van der Waals surface area contributed by atoms with Gasteiger partial charge in [-0.3, -0.25) is 9.59 Å². The molecule has 0 aliphatic carbocycles. The van der Waals surface area contributed by atoms with Crippen molar-refractivity contribution < 1.29 is 29.3 Å². The summed E-state index contributed by atoms with van der Waals surface area (Å²) in [5.74, 6) is -0.380. The third-order valence-electron chi connectivity index (χ3n) is 6.11. The van der Waals surface area contributed by atoms with Gasteiger partial charge in [0.2, 0.25) is 11.1 Å². The Kier molecular flexibility index (Phi) is 9.82. The zero-order valence-electron chi connectivity index (χ0n) is 21.0. The number of hydrogen-bond donors (Lipinski definition) is 3. The van der Waals surface area contributed by atoms with Crippen molar-refractivity contribution in [1.29, 1.82) is 0 Å². The predicted molar refractivity (Wildman–Crippen MR) is 139 cm³/mol. The standard InChI is InChI=1S/C26H31N5O6S/c1-31-26(28-29-30-31)38-16-21-14-22(18-8-6-17(15-32)7-9-18)37-25(36-21)19-10-12-20(13-11-19)27-23(33)4-2-3-5-24(34)35/h6-13,21-22,25,32H,2-5,14-16H2,1H3,(H,27,33)(H,34,35)/t21-,22+,25+/m1/s1. The number of aliphatic hydroxyl groups is 1. The number of aliphatic hydroxyl groups excluding tert-OH is 1. The summed E-state index contributed by atoms with van der Waals surface area (Å²) in [4.78, 5) is 22.8. The monoisotopic (exact) mass is 541 g/mol. The first-order valence-corrected chi connectivity index (χ1v) is 13.4. The van der Waals surface area contributed by atoms with Crippen molar-refractivity contribution in [3.8, 4) is 0 Å². The van der Waals surface area contributed by atoms with Gasteiger partial charge in [-0.15, -0.1) is 5.10 Å². The molecule has 3 N–H and O–H groups in total. The van der Waals surface area contributed by atoms with E-state index in [1.54, 1.807) is 23.9 Å². The molecule has 1 aliphatic rings. The summed E-state index contributed by atoms with van der Waals surface area (Å²) in [6.45, 7) is -0.0201. The number of hydrogen-bond acceptors (Lipinski definition) is 9. The normalized spacial score (nSPS) is 19.3. The maximum absolute atomic E-state index is 12.2. The van der Waals surface area contributed by atoms with Crippen molar-refractivity contribution in [2.24, 2.45) is 7.05 Å². The van der Waals surface area contributed by atoms with E-state index in [1.165, 1.54) is 11.8 Å². The van der Waals surface area contributed by atoms with Crippen LogP contribution in [0.5, 0.6) is 0 Å². The maximum atomic E-state index is 12.2. The number of thioether (sulfide) groups is 1. The highest BCUT2D eigenvalue weighted by atomic mass is 32.2. The van der Waals surface area contributed by atoms with Crippen LogP contribution >= 0.6 is 11.8 Å². The van der Waals surface area contributed by atoms with E-state index in [1.807, 2.05) is 36.4 Å². The Balaban J connectivity index is 1.41. The molecule has 1 aromatic heterocycles. The van der Waals surface area contributed by atoms with E-state index in [2.05, 4.69) is 20.8 Å². The molecule has 2 heterocycles. The first kappa shape index (κ1) is 27.7. The first-order chi connectivity index (χ1) is 18.4. The summed E-state index contributed by atoms with van der Waals surface area (Å²) in [5, 5.41) is 33.2. The molecular formula is C26H31N5O6S. The molecule has 1 aliphatic heterocycles. The fraction of sp³-hybridized carbons (Fsp3) is 0.423. The quantitative estimate of drug-likeness (QED) is 0.229. The zero-order valence-corrected chi connectivity index (χ0v) is 21.8. The number of aryl methyl sites for hydroxylation is 1. The van der Waals surface area contributed by atoms with Crippen LogP contribution in [-0.4, -0.2) is 54.2 Å². The van der Waals surface area contributed by atoms with Crippen LogP contribution in [0.25, 0.3) is 0 Å². The molecule has 0 radical (unpaired) electrons. The molecule has 12 heteroatoms. The van der Waals surface area contributed by atoms with Crippen molar-refractivity contribution in [3.05, 3.63) is 65.2 Å². The van der Waals surface area contributed by atoms with E-state index in [-0.39, 0.29) is 37.6 Å². The van der Waals surface area contributed by atoms with Crippen LogP contribution in [0, 0.1) is 0 Å². The van der Waals surface area contributed by atoms with Gasteiger partial charge in [0.15, 0.2) is 6.29 Å². The minimum atomic E-state index is -0.857. The molecule has 2 aromatic carbocycles. The van der Waals surface area contributed by atoms with Crippen molar-refractivity contribution in [3.63, 3.8) is 0 Å². The number of nitrogens with one attached hydrogen (secondary N) is 1. The summed E-state index contributed by atoms with van der Waals surface area (Å²) in [5.41, 5.74) is 3.29. The van der Waals surface area contributed by atoms with Gasteiger partial charge in [-0.05, 0) is 46.5 Å². The smallest absolute Gasteiger partial charge is 0.303 e. The topological polar surface area (TPSA) is 149 Å². The molecule has 1 saturated heterocycles. The van der Waals surface area contributed by atoms with Crippen LogP contribution in [0.1, 0.15) is 61.2 Å². The Hall–Kier alpha value is -3.32. The lowest BCUT2D eigenvalue weighted by Crippen LogP contribution is -2.31. The Morgan fingerprint density at radius 3 is 2.42 bits per heavy atom. The maximum Gasteiger partial charge on any atom is 0.303 e. The number of aliphatic carboxylic acids is 1. The molecule has 0 spiro atoms. The van der Waals surface area contributed by atoms with Gasteiger partial charge in [0, 0.05) is 43.3 Å². The van der Waals surface area contributed by atoms with E-state index in [9.17, 15) is 14.7 Å². The molecule has 38 heavy (non-hydrogen) atoms. The molecule has 1 amide bonds. The number of amides is 1. The second kappa shape index (κ2) is 13.5. The molecule has 0 unspecified atom stereocenters. The molecule has 3 atom stereocenters. The lowest BCUT2D eigenvalue weighted by Gasteiger charge is -2.36. The number of carbonyl (C=O) groups excluding carboxylic acids is 1. The number of benzene rings is 2. The summed E-state index contributed by atoms with van der Waals surface area (Å²) in [6.07, 6.45) is 0.988. The highest BCUT2D eigenvalue weighted by Gasteiger charge is 2.32. The van der Waals surface area contributed by atoms with Crippen molar-refractivity contribution in [1.82, 2.24) is 20.2 Å². The van der Waals surface area contributed by atoms with Gasteiger partial charge >= 0.3 is 5.97 Å². The number of unbranched alkanes of at least 4 members (excludes halogenated alkanes) is 1. The number of nitrogens with zero attached hydrogens (tertiary/aromatic N) is 4. The molecule has 1 fully saturated rings. The van der Waals surface area contributed by atoms with Gasteiger partial charge in [-0.1, -0.05) is 48.2 Å². The Morgan fingerprint density at radius 2 is 1.76 bits per heavy atom. The fourth-order valence-electron chi connectivity index (χ4n) is 4.04. The number of anilines is 1. The molecule has 3 aromatic rings. The van der Waals surface area contributed by atoms with E-state index in [4.69, 9.17) is 14.6 Å². The third kappa shape index (κ3) is 7.84. The first-order valence-electron chi connectivity index (χ1n) is 12.4. The van der Waals surface area contributed by atoms with Crippen molar-refractivity contribution in [2.45, 2.75) is 62.4 Å². The highest BCUT2D eigenvalue weighted by molar-refractivity contribution is 7.99. The molecule has 0 saturated carbocycles. The second-order valence-corrected chi connectivity index (χ2v) is 10.0. The number of carboxylic acid groups (broad SMARTS) is 1. The summed E-state index contributed by atoms with van der Waals surface area (Å²) >= 11 is 1.51. The van der Waals surface area contributed by atoms with Gasteiger partial charge in [0.25, 0.3) is 0 Å². The highest BCUT2D eigenvalue weighted by Crippen LogP contribution is 2.39. The van der Waals surface area contributed by atoms with Crippen LogP contribution in [0.3, 0.4) is 0 Å².